The molecule has 0 aliphatic carbocycles. The molecule has 2 aromatic rings. The fourth-order valence-corrected chi connectivity index (χ4v) is 4.46. The first kappa shape index (κ1) is 31.9. The Bertz CT molecular complexity index is 1140. The Morgan fingerprint density at radius 2 is 1.56 bits per heavy atom. The van der Waals surface area contributed by atoms with Gasteiger partial charge in [0.1, 0.15) is 17.7 Å². The molecule has 2 unspecified atom stereocenters. The molecular formula is C32H47N3O4. The molecule has 39 heavy (non-hydrogen) atoms. The standard InChI is InChI=1S/C32H47N3O4/c1-10-11-14-20-35(30(37)27(21(2)3)34-31(38)39-32(7,8)9)28(25-18-15-17-22(4)24(25)6)29(36)33-26-19-13-12-16-23(26)5/h12-13,15-19,21,27-28H,10-11,14,20H2,1-9H3,(H,33,36)(H,34,38). The van der Waals surface area contributed by atoms with Gasteiger partial charge in [0, 0.05) is 12.2 Å². The van der Waals surface area contributed by atoms with E-state index in [2.05, 4.69) is 17.6 Å². The van der Waals surface area contributed by atoms with Crippen LogP contribution in [0.1, 0.15) is 89.1 Å². The van der Waals surface area contributed by atoms with Gasteiger partial charge in [0.25, 0.3) is 5.91 Å². The van der Waals surface area contributed by atoms with Crippen LogP contribution in [0.2, 0.25) is 0 Å². The summed E-state index contributed by atoms with van der Waals surface area (Å²) in [5.74, 6) is -0.821. The average molecular weight is 538 g/mol. The van der Waals surface area contributed by atoms with Crippen LogP contribution in [0.4, 0.5) is 10.5 Å². The molecule has 2 atom stereocenters. The number of hydrogen-bond acceptors (Lipinski definition) is 4. The number of carbonyl (C=O) groups is 3. The minimum atomic E-state index is -0.879. The molecule has 0 aliphatic rings. The smallest absolute Gasteiger partial charge is 0.408 e. The summed E-state index contributed by atoms with van der Waals surface area (Å²) in [6, 6.07) is 11.7. The van der Waals surface area contributed by atoms with Gasteiger partial charge in [-0.15, -0.1) is 0 Å². The van der Waals surface area contributed by atoms with E-state index in [0.29, 0.717) is 12.2 Å². The van der Waals surface area contributed by atoms with Gasteiger partial charge in [-0.05, 0) is 82.2 Å². The van der Waals surface area contributed by atoms with Crippen LogP contribution in [0.5, 0.6) is 0 Å². The Kier molecular flexibility index (Phi) is 11.6. The Morgan fingerprint density at radius 3 is 2.15 bits per heavy atom. The SMILES string of the molecule is CCCCCN(C(=O)C(NC(=O)OC(C)(C)C)C(C)C)C(C(=O)Nc1ccccc1C)c1cccc(C)c1C. The average Bonchev–Trinajstić information content (AvgIpc) is 2.84. The molecule has 214 valence electrons. The minimum Gasteiger partial charge on any atom is -0.444 e. The fraction of sp³-hybridized carbons (Fsp3) is 0.531. The normalized spacial score (nSPS) is 13.0. The predicted molar refractivity (Wildman–Crippen MR) is 158 cm³/mol. The fourth-order valence-electron chi connectivity index (χ4n) is 4.46. The lowest BCUT2D eigenvalue weighted by molar-refractivity contribution is -0.141. The van der Waals surface area contributed by atoms with E-state index < -0.39 is 23.8 Å². The van der Waals surface area contributed by atoms with Crippen molar-refractivity contribution in [2.45, 2.75) is 99.3 Å². The largest absolute Gasteiger partial charge is 0.444 e. The van der Waals surface area contributed by atoms with Crippen molar-refractivity contribution in [2.24, 2.45) is 5.92 Å². The molecular weight excluding hydrogens is 490 g/mol. The number of ether oxygens (including phenoxy) is 1. The van der Waals surface area contributed by atoms with Crippen molar-refractivity contribution in [3.05, 3.63) is 64.7 Å². The summed E-state index contributed by atoms with van der Waals surface area (Å²) in [7, 11) is 0. The van der Waals surface area contributed by atoms with Crippen molar-refractivity contribution in [1.82, 2.24) is 10.2 Å². The van der Waals surface area contributed by atoms with E-state index in [1.807, 2.05) is 77.1 Å². The molecule has 7 nitrogen and oxygen atoms in total. The number of benzene rings is 2. The molecule has 0 saturated heterocycles. The maximum atomic E-state index is 14.3. The number of amides is 3. The van der Waals surface area contributed by atoms with Crippen LogP contribution in [0.25, 0.3) is 0 Å². The van der Waals surface area contributed by atoms with Gasteiger partial charge in [-0.2, -0.15) is 0 Å². The zero-order valence-electron chi connectivity index (χ0n) is 25.2. The van der Waals surface area contributed by atoms with Crippen molar-refractivity contribution >= 4 is 23.6 Å². The van der Waals surface area contributed by atoms with Gasteiger partial charge in [-0.3, -0.25) is 9.59 Å². The summed E-state index contributed by atoms with van der Waals surface area (Å²) in [6.07, 6.45) is 1.96. The highest BCUT2D eigenvalue weighted by atomic mass is 16.6. The number of nitrogens with zero attached hydrogens (tertiary/aromatic N) is 1. The minimum absolute atomic E-state index is 0.225. The first-order valence-corrected chi connectivity index (χ1v) is 14.0. The Balaban J connectivity index is 2.60. The summed E-state index contributed by atoms with van der Waals surface area (Å²) >= 11 is 0. The monoisotopic (exact) mass is 537 g/mol. The van der Waals surface area contributed by atoms with Crippen LogP contribution >= 0.6 is 0 Å². The molecule has 0 aromatic heterocycles. The molecule has 0 bridgehead atoms. The Morgan fingerprint density at radius 1 is 0.923 bits per heavy atom. The van der Waals surface area contributed by atoms with E-state index in [1.165, 1.54) is 0 Å². The molecule has 2 aromatic carbocycles. The van der Waals surface area contributed by atoms with Gasteiger partial charge in [-0.25, -0.2) is 4.79 Å². The quantitative estimate of drug-likeness (QED) is 0.307. The number of unbranched alkanes of at least 4 members (excludes halogenated alkanes) is 2. The van der Waals surface area contributed by atoms with Crippen molar-refractivity contribution in [3.63, 3.8) is 0 Å². The lowest BCUT2D eigenvalue weighted by atomic mass is 9.93. The molecule has 2 N–H and O–H groups in total. The van der Waals surface area contributed by atoms with E-state index in [9.17, 15) is 14.4 Å². The van der Waals surface area contributed by atoms with Crippen LogP contribution in [0, 0.1) is 26.7 Å². The van der Waals surface area contributed by atoms with Crippen molar-refractivity contribution in [2.75, 3.05) is 11.9 Å². The molecule has 0 heterocycles. The number of aryl methyl sites for hydroxylation is 2. The maximum Gasteiger partial charge on any atom is 0.408 e. The van der Waals surface area contributed by atoms with Crippen molar-refractivity contribution in [3.8, 4) is 0 Å². The molecule has 3 amide bonds. The lowest BCUT2D eigenvalue weighted by Crippen LogP contribution is -2.54. The van der Waals surface area contributed by atoms with Crippen LogP contribution in [-0.2, 0) is 14.3 Å². The van der Waals surface area contributed by atoms with Crippen LogP contribution < -0.4 is 10.6 Å². The van der Waals surface area contributed by atoms with E-state index in [0.717, 1.165) is 41.5 Å². The number of anilines is 1. The number of rotatable bonds is 11. The second-order valence-corrected chi connectivity index (χ2v) is 11.6. The van der Waals surface area contributed by atoms with Crippen molar-refractivity contribution in [1.29, 1.82) is 0 Å². The highest BCUT2D eigenvalue weighted by molar-refractivity contribution is 5.99. The van der Waals surface area contributed by atoms with Crippen molar-refractivity contribution < 1.29 is 19.1 Å². The third-order valence-corrected chi connectivity index (χ3v) is 6.79. The Labute approximate surface area is 234 Å². The third-order valence-electron chi connectivity index (χ3n) is 6.79. The summed E-state index contributed by atoms with van der Waals surface area (Å²) < 4.78 is 5.47. The molecule has 0 radical (unpaired) electrons. The highest BCUT2D eigenvalue weighted by Crippen LogP contribution is 2.30. The number of carbonyl (C=O) groups excluding carboxylic acids is 3. The van der Waals surface area contributed by atoms with Gasteiger partial charge in [0.15, 0.2) is 0 Å². The van der Waals surface area contributed by atoms with E-state index in [1.54, 1.807) is 25.7 Å². The summed E-state index contributed by atoms with van der Waals surface area (Å²) in [5.41, 5.74) is 3.69. The van der Waals surface area contributed by atoms with E-state index in [4.69, 9.17) is 4.74 Å². The van der Waals surface area contributed by atoms with Gasteiger partial charge in [-0.1, -0.05) is 70.0 Å². The van der Waals surface area contributed by atoms with E-state index >= 15 is 0 Å². The van der Waals surface area contributed by atoms with E-state index in [-0.39, 0.29) is 17.7 Å². The number of hydrogen-bond donors (Lipinski definition) is 2. The topological polar surface area (TPSA) is 87.7 Å². The second kappa shape index (κ2) is 14.2. The van der Waals surface area contributed by atoms with Gasteiger partial charge in [0.2, 0.25) is 5.91 Å². The number of alkyl carbamates (subject to hydrolysis) is 1. The molecule has 0 fully saturated rings. The third kappa shape index (κ3) is 9.12. The highest BCUT2D eigenvalue weighted by Gasteiger charge is 2.38. The first-order chi connectivity index (χ1) is 18.3. The first-order valence-electron chi connectivity index (χ1n) is 14.0. The van der Waals surface area contributed by atoms with Gasteiger partial charge >= 0.3 is 6.09 Å². The lowest BCUT2D eigenvalue weighted by Gasteiger charge is -2.36. The zero-order chi connectivity index (χ0) is 29.3. The summed E-state index contributed by atoms with van der Waals surface area (Å²) in [6.45, 7) is 17.5. The maximum absolute atomic E-state index is 14.3. The molecule has 0 saturated carbocycles. The predicted octanol–water partition coefficient (Wildman–Crippen LogP) is 6.86. The molecule has 2 rings (SSSR count). The molecule has 0 aliphatic heterocycles. The van der Waals surface area contributed by atoms with Gasteiger partial charge < -0.3 is 20.3 Å². The summed E-state index contributed by atoms with van der Waals surface area (Å²) in [4.78, 5) is 42.8. The summed E-state index contributed by atoms with van der Waals surface area (Å²) in [5, 5.41) is 5.87. The molecule has 7 heteroatoms. The van der Waals surface area contributed by atoms with Crippen LogP contribution in [0.15, 0.2) is 42.5 Å². The van der Waals surface area contributed by atoms with Gasteiger partial charge in [0.05, 0.1) is 0 Å². The number of nitrogens with one attached hydrogen (secondary N) is 2. The van der Waals surface area contributed by atoms with Crippen LogP contribution in [-0.4, -0.2) is 41.0 Å². The number of para-hydroxylation sites is 1. The van der Waals surface area contributed by atoms with Crippen LogP contribution in [0.3, 0.4) is 0 Å². The second-order valence-electron chi connectivity index (χ2n) is 11.6. The Hall–Kier alpha value is -3.35. The molecule has 0 spiro atoms. The zero-order valence-corrected chi connectivity index (χ0v) is 25.2.